The third kappa shape index (κ3) is 2.75. The zero-order valence-corrected chi connectivity index (χ0v) is 9.81. The molecule has 1 aromatic heterocycles. The summed E-state index contributed by atoms with van der Waals surface area (Å²) in [6.07, 6.45) is -2.20. The summed E-state index contributed by atoms with van der Waals surface area (Å²) in [6, 6.07) is 3.15. The van der Waals surface area contributed by atoms with Crippen molar-refractivity contribution in [2.24, 2.45) is 0 Å². The van der Waals surface area contributed by atoms with E-state index in [1.54, 1.807) is 12.1 Å². The van der Waals surface area contributed by atoms with Crippen LogP contribution in [-0.2, 0) is 0 Å². The van der Waals surface area contributed by atoms with Crippen LogP contribution in [0, 0.1) is 0 Å². The van der Waals surface area contributed by atoms with Gasteiger partial charge in [-0.3, -0.25) is 0 Å². The minimum absolute atomic E-state index is 0.0731. The van der Waals surface area contributed by atoms with Crippen LogP contribution in [0.15, 0.2) is 12.1 Å². The van der Waals surface area contributed by atoms with Crippen molar-refractivity contribution < 1.29 is 19.7 Å². The van der Waals surface area contributed by atoms with Crippen LogP contribution in [0.4, 0.5) is 0 Å². The molecule has 0 aromatic carbocycles. The van der Waals surface area contributed by atoms with Gasteiger partial charge >= 0.3 is 0 Å². The number of hydrogen-bond donors (Lipinski definition) is 2. The summed E-state index contributed by atoms with van der Waals surface area (Å²) in [7, 11) is 2.90. The van der Waals surface area contributed by atoms with Crippen LogP contribution in [0.1, 0.15) is 11.7 Å². The van der Waals surface area contributed by atoms with E-state index in [0.717, 1.165) is 0 Å². The van der Waals surface area contributed by atoms with Crippen molar-refractivity contribution in [1.29, 1.82) is 0 Å². The summed E-state index contributed by atoms with van der Waals surface area (Å²) in [5.41, 5.74) is 0.372. The van der Waals surface area contributed by atoms with Crippen molar-refractivity contribution in [3.63, 3.8) is 0 Å². The Morgan fingerprint density at radius 1 is 1.31 bits per heavy atom. The minimum atomic E-state index is -1.13. The van der Waals surface area contributed by atoms with E-state index < -0.39 is 12.2 Å². The van der Waals surface area contributed by atoms with Crippen LogP contribution in [0.3, 0.4) is 0 Å². The van der Waals surface area contributed by atoms with E-state index in [0.29, 0.717) is 11.4 Å². The topological polar surface area (TPSA) is 71.8 Å². The highest BCUT2D eigenvalue weighted by Gasteiger charge is 2.22. The van der Waals surface area contributed by atoms with Gasteiger partial charge in [0.15, 0.2) is 0 Å². The molecule has 0 spiro atoms. The summed E-state index contributed by atoms with van der Waals surface area (Å²) in [5.74, 6) is 0.500. The summed E-state index contributed by atoms with van der Waals surface area (Å²) in [4.78, 5) is 3.99. The molecule has 5 nitrogen and oxygen atoms in total. The van der Waals surface area contributed by atoms with Gasteiger partial charge in [0, 0.05) is 11.6 Å². The zero-order valence-electron chi connectivity index (χ0n) is 9.05. The maximum absolute atomic E-state index is 9.77. The monoisotopic (exact) mass is 247 g/mol. The van der Waals surface area contributed by atoms with Gasteiger partial charge < -0.3 is 19.7 Å². The highest BCUT2D eigenvalue weighted by atomic mass is 35.5. The molecule has 1 rings (SSSR count). The number of aliphatic hydroxyl groups excluding tert-OH is 2. The van der Waals surface area contributed by atoms with E-state index in [2.05, 4.69) is 4.98 Å². The third-order valence-corrected chi connectivity index (χ3v) is 2.42. The molecule has 0 aliphatic heterocycles. The number of nitrogens with zero attached hydrogens (tertiary/aromatic N) is 1. The highest BCUT2D eigenvalue weighted by molar-refractivity contribution is 6.18. The van der Waals surface area contributed by atoms with Crippen molar-refractivity contribution in [3.05, 3.63) is 17.7 Å². The average Bonchev–Trinajstić information content (AvgIpc) is 2.35. The summed E-state index contributed by atoms with van der Waals surface area (Å²) >= 11 is 5.45. The van der Waals surface area contributed by atoms with E-state index >= 15 is 0 Å². The number of aliphatic hydroxyl groups is 2. The number of ether oxygens (including phenoxy) is 2. The zero-order chi connectivity index (χ0) is 12.1. The van der Waals surface area contributed by atoms with Gasteiger partial charge in [0.1, 0.15) is 6.10 Å². The molecule has 0 aliphatic rings. The number of hydrogen-bond acceptors (Lipinski definition) is 5. The number of pyridine rings is 1. The molecule has 0 bridgehead atoms. The smallest absolute Gasteiger partial charge is 0.222 e. The van der Waals surface area contributed by atoms with Crippen LogP contribution in [0.2, 0.25) is 0 Å². The minimum Gasteiger partial charge on any atom is -0.481 e. The Morgan fingerprint density at radius 3 is 2.50 bits per heavy atom. The summed E-state index contributed by atoms with van der Waals surface area (Å²) in [5, 5.41) is 19.2. The molecule has 0 amide bonds. The maximum Gasteiger partial charge on any atom is 0.222 e. The lowest BCUT2D eigenvalue weighted by molar-refractivity contribution is 0.0307. The Bertz CT molecular complexity index is 348. The molecule has 0 radical (unpaired) electrons. The van der Waals surface area contributed by atoms with Crippen molar-refractivity contribution >= 4 is 11.6 Å². The van der Waals surface area contributed by atoms with E-state index in [4.69, 9.17) is 21.1 Å². The number of methoxy groups -OCH3 is 2. The third-order valence-electron chi connectivity index (χ3n) is 2.11. The Hall–Kier alpha value is -1.04. The van der Waals surface area contributed by atoms with Gasteiger partial charge in [-0.25, -0.2) is 0 Å². The summed E-state index contributed by atoms with van der Waals surface area (Å²) < 4.78 is 9.92. The predicted octanol–water partition coefficient (Wildman–Crippen LogP) is 0.732. The van der Waals surface area contributed by atoms with Gasteiger partial charge in [0.05, 0.1) is 26.2 Å². The number of alkyl halides is 1. The van der Waals surface area contributed by atoms with Crippen LogP contribution in [0.5, 0.6) is 11.8 Å². The van der Waals surface area contributed by atoms with Gasteiger partial charge in [-0.1, -0.05) is 0 Å². The lowest BCUT2D eigenvalue weighted by Crippen LogP contribution is -2.20. The van der Waals surface area contributed by atoms with Gasteiger partial charge in [0.25, 0.3) is 0 Å². The quantitative estimate of drug-likeness (QED) is 0.751. The molecule has 1 aromatic rings. The first-order chi connectivity index (χ1) is 7.63. The Morgan fingerprint density at radius 2 is 2.00 bits per heavy atom. The fourth-order valence-corrected chi connectivity index (χ4v) is 1.40. The first-order valence-corrected chi connectivity index (χ1v) is 5.18. The largest absolute Gasteiger partial charge is 0.481 e. The molecule has 1 heterocycles. The standard InChI is InChI=1S/C10H14ClNO4/c1-15-8-4-3-6(10(12-8)16-2)9(14)7(13)5-11/h3-4,7,9,13-14H,5H2,1-2H3. The first-order valence-electron chi connectivity index (χ1n) is 4.65. The molecule has 0 fully saturated rings. The molecular weight excluding hydrogens is 234 g/mol. The van der Waals surface area contributed by atoms with Crippen LogP contribution < -0.4 is 9.47 Å². The lowest BCUT2D eigenvalue weighted by Gasteiger charge is -2.17. The maximum atomic E-state index is 9.77. The number of aromatic nitrogens is 1. The van der Waals surface area contributed by atoms with Crippen LogP contribution in [-0.4, -0.2) is 41.4 Å². The van der Waals surface area contributed by atoms with Crippen LogP contribution in [0.25, 0.3) is 0 Å². The van der Waals surface area contributed by atoms with E-state index in [-0.39, 0.29) is 11.8 Å². The van der Waals surface area contributed by atoms with Crippen molar-refractivity contribution in [2.75, 3.05) is 20.1 Å². The molecule has 2 atom stereocenters. The Kier molecular flexibility index (Phi) is 4.79. The normalized spacial score (nSPS) is 14.3. The molecule has 0 saturated heterocycles. The predicted molar refractivity (Wildman–Crippen MR) is 59.0 cm³/mol. The Labute approximate surface area is 98.6 Å². The van der Waals surface area contributed by atoms with Crippen molar-refractivity contribution in [2.45, 2.75) is 12.2 Å². The lowest BCUT2D eigenvalue weighted by atomic mass is 10.1. The number of rotatable bonds is 5. The second-order valence-electron chi connectivity index (χ2n) is 3.12. The highest BCUT2D eigenvalue weighted by Crippen LogP contribution is 2.28. The van der Waals surface area contributed by atoms with Gasteiger partial charge in [-0.15, -0.1) is 11.6 Å². The SMILES string of the molecule is COc1ccc(C(O)C(O)CCl)c(OC)n1. The molecule has 0 saturated carbocycles. The van der Waals surface area contributed by atoms with Gasteiger partial charge in [0.2, 0.25) is 11.8 Å². The van der Waals surface area contributed by atoms with Crippen LogP contribution >= 0.6 is 11.6 Å². The first kappa shape index (κ1) is 13.0. The molecule has 2 unspecified atom stereocenters. The Balaban J connectivity index is 3.03. The number of halogens is 1. The fraction of sp³-hybridized carbons (Fsp3) is 0.500. The van der Waals surface area contributed by atoms with E-state index in [1.807, 2.05) is 0 Å². The van der Waals surface area contributed by atoms with E-state index in [9.17, 15) is 10.2 Å². The van der Waals surface area contributed by atoms with Gasteiger partial charge in [-0.05, 0) is 6.07 Å². The van der Waals surface area contributed by atoms with Gasteiger partial charge in [-0.2, -0.15) is 4.98 Å². The molecule has 6 heteroatoms. The molecule has 16 heavy (non-hydrogen) atoms. The second kappa shape index (κ2) is 5.89. The molecular formula is C10H14ClNO4. The average molecular weight is 248 g/mol. The fourth-order valence-electron chi connectivity index (χ4n) is 1.23. The second-order valence-corrected chi connectivity index (χ2v) is 3.43. The van der Waals surface area contributed by atoms with Crippen molar-refractivity contribution in [3.8, 4) is 11.8 Å². The molecule has 2 N–H and O–H groups in total. The van der Waals surface area contributed by atoms with Crippen molar-refractivity contribution in [1.82, 2.24) is 4.98 Å². The van der Waals surface area contributed by atoms with E-state index in [1.165, 1.54) is 14.2 Å². The molecule has 0 aliphatic carbocycles. The summed E-state index contributed by atoms with van der Waals surface area (Å²) in [6.45, 7) is 0. The molecule has 90 valence electrons.